The number of hydrogen-bond acceptors (Lipinski definition) is 4. The third kappa shape index (κ3) is 4.24. The number of carbonyl (C=O) groups is 1. The Kier molecular flexibility index (Phi) is 4.54. The molecule has 116 valence electrons. The molecule has 1 aliphatic heterocycles. The molecule has 0 spiro atoms. The first-order valence-corrected chi connectivity index (χ1v) is 6.72. The maximum Gasteiger partial charge on any atom is 0.416 e. The first-order chi connectivity index (χ1) is 9.86. The summed E-state index contributed by atoms with van der Waals surface area (Å²) in [5, 5.41) is 2.61. The molecule has 1 amide bonds. The summed E-state index contributed by atoms with van der Waals surface area (Å²) in [4.78, 5) is 17.4. The van der Waals surface area contributed by atoms with Crippen molar-refractivity contribution in [3.05, 3.63) is 17.7 Å². The Balaban J connectivity index is 1.99. The number of nitrogens with two attached hydrogens (primary N) is 1. The van der Waals surface area contributed by atoms with Crippen LogP contribution < -0.4 is 11.1 Å². The van der Waals surface area contributed by atoms with Crippen LogP contribution in [0.3, 0.4) is 0 Å². The molecule has 2 heterocycles. The predicted octanol–water partition coefficient (Wildman–Crippen LogP) is 2.11. The van der Waals surface area contributed by atoms with Gasteiger partial charge >= 0.3 is 6.18 Å². The van der Waals surface area contributed by atoms with Crippen LogP contribution in [0.4, 0.5) is 24.8 Å². The number of amides is 1. The van der Waals surface area contributed by atoms with Gasteiger partial charge in [-0.1, -0.05) is 0 Å². The summed E-state index contributed by atoms with van der Waals surface area (Å²) in [5.74, 6) is -0.432. The van der Waals surface area contributed by atoms with Gasteiger partial charge in [0.2, 0.25) is 5.91 Å². The highest BCUT2D eigenvalue weighted by molar-refractivity contribution is 5.80. The number of nitrogens with zero attached hydrogens (tertiary/aromatic N) is 2. The zero-order valence-corrected chi connectivity index (χ0v) is 11.4. The Morgan fingerprint density at radius 3 is 2.57 bits per heavy atom. The number of carbonyl (C=O) groups excluding carboxylic acids is 1. The van der Waals surface area contributed by atoms with Crippen molar-refractivity contribution in [2.75, 3.05) is 30.7 Å². The summed E-state index contributed by atoms with van der Waals surface area (Å²) in [5.41, 5.74) is 4.47. The van der Waals surface area contributed by atoms with Crippen LogP contribution in [0.5, 0.6) is 0 Å². The minimum Gasteiger partial charge on any atom is -0.384 e. The summed E-state index contributed by atoms with van der Waals surface area (Å²) >= 11 is 0. The van der Waals surface area contributed by atoms with Gasteiger partial charge in [0.15, 0.2) is 0 Å². The normalized spacial score (nSPS) is 15.9. The van der Waals surface area contributed by atoms with E-state index in [1.165, 1.54) is 0 Å². The number of anilines is 2. The van der Waals surface area contributed by atoms with Crippen molar-refractivity contribution in [3.63, 3.8) is 0 Å². The third-order valence-electron chi connectivity index (χ3n) is 3.30. The maximum atomic E-state index is 12.7. The molecule has 21 heavy (non-hydrogen) atoms. The smallest absolute Gasteiger partial charge is 0.384 e. The van der Waals surface area contributed by atoms with Crippen LogP contribution in [-0.4, -0.2) is 35.4 Å². The van der Waals surface area contributed by atoms with Crippen LogP contribution in [0.25, 0.3) is 0 Å². The largest absolute Gasteiger partial charge is 0.416 e. The Hall–Kier alpha value is -1.99. The average Bonchev–Trinajstić information content (AvgIpc) is 2.44. The lowest BCUT2D eigenvalue weighted by molar-refractivity contribution is -0.137. The van der Waals surface area contributed by atoms with Crippen LogP contribution in [0.15, 0.2) is 12.1 Å². The van der Waals surface area contributed by atoms with Crippen molar-refractivity contribution >= 4 is 17.5 Å². The first kappa shape index (κ1) is 15.4. The molecule has 3 N–H and O–H groups in total. The van der Waals surface area contributed by atoms with E-state index in [1.54, 1.807) is 4.90 Å². The van der Waals surface area contributed by atoms with Crippen LogP contribution in [0.1, 0.15) is 24.8 Å². The molecule has 1 aliphatic rings. The van der Waals surface area contributed by atoms with Gasteiger partial charge < -0.3 is 16.0 Å². The predicted molar refractivity (Wildman–Crippen MR) is 72.6 cm³/mol. The molecule has 1 fully saturated rings. The number of aromatic nitrogens is 1. The SMILES string of the molecule is Nc1cc(C(F)(F)F)cc(NCC(=O)N2CCCCC2)n1. The summed E-state index contributed by atoms with van der Waals surface area (Å²) in [6, 6.07) is 1.61. The highest BCUT2D eigenvalue weighted by Gasteiger charge is 2.31. The lowest BCUT2D eigenvalue weighted by Crippen LogP contribution is -2.39. The maximum absolute atomic E-state index is 12.7. The zero-order valence-electron chi connectivity index (χ0n) is 11.4. The fraction of sp³-hybridized carbons (Fsp3) is 0.538. The van der Waals surface area contributed by atoms with Crippen molar-refractivity contribution < 1.29 is 18.0 Å². The molecule has 0 bridgehead atoms. The van der Waals surface area contributed by atoms with E-state index in [0.717, 1.165) is 31.4 Å². The fourth-order valence-electron chi connectivity index (χ4n) is 2.23. The quantitative estimate of drug-likeness (QED) is 0.897. The van der Waals surface area contributed by atoms with Crippen molar-refractivity contribution in [1.82, 2.24) is 9.88 Å². The summed E-state index contributed by atoms with van der Waals surface area (Å²) in [6.07, 6.45) is -1.48. The summed E-state index contributed by atoms with van der Waals surface area (Å²) in [6.45, 7) is 1.30. The molecule has 2 rings (SSSR count). The van der Waals surface area contributed by atoms with Gasteiger partial charge in [-0.25, -0.2) is 4.98 Å². The van der Waals surface area contributed by atoms with Crippen LogP contribution in [-0.2, 0) is 11.0 Å². The molecule has 0 atom stereocenters. The summed E-state index contributed by atoms with van der Waals surface area (Å²) < 4.78 is 38.0. The molecular weight excluding hydrogens is 285 g/mol. The van der Waals surface area contributed by atoms with Gasteiger partial charge in [-0.2, -0.15) is 13.2 Å². The minimum absolute atomic E-state index is 0.0484. The second-order valence-electron chi connectivity index (χ2n) is 4.96. The number of rotatable bonds is 3. The van der Waals surface area contributed by atoms with E-state index in [1.807, 2.05) is 0 Å². The number of halogens is 3. The Bertz CT molecular complexity index is 513. The highest BCUT2D eigenvalue weighted by atomic mass is 19.4. The fourth-order valence-corrected chi connectivity index (χ4v) is 2.23. The number of nitrogen functional groups attached to an aromatic ring is 1. The molecule has 0 aromatic carbocycles. The van der Waals surface area contributed by atoms with E-state index in [0.29, 0.717) is 13.1 Å². The van der Waals surface area contributed by atoms with Crippen molar-refractivity contribution in [1.29, 1.82) is 0 Å². The third-order valence-corrected chi connectivity index (χ3v) is 3.30. The van der Waals surface area contributed by atoms with Gasteiger partial charge in [0.05, 0.1) is 12.1 Å². The second-order valence-corrected chi connectivity index (χ2v) is 4.96. The van der Waals surface area contributed by atoms with Gasteiger partial charge in [-0.15, -0.1) is 0 Å². The van der Waals surface area contributed by atoms with Gasteiger partial charge in [-0.05, 0) is 31.4 Å². The molecule has 0 unspecified atom stereocenters. The van der Waals surface area contributed by atoms with Gasteiger partial charge in [0, 0.05) is 13.1 Å². The highest BCUT2D eigenvalue weighted by Crippen LogP contribution is 2.31. The number of pyridine rings is 1. The number of piperidine rings is 1. The average molecular weight is 302 g/mol. The summed E-state index contributed by atoms with van der Waals surface area (Å²) in [7, 11) is 0. The Morgan fingerprint density at radius 2 is 1.95 bits per heavy atom. The number of alkyl halides is 3. The zero-order chi connectivity index (χ0) is 15.5. The van der Waals surface area contributed by atoms with Gasteiger partial charge in [0.25, 0.3) is 0 Å². The van der Waals surface area contributed by atoms with Gasteiger partial charge in [-0.3, -0.25) is 4.79 Å². The van der Waals surface area contributed by atoms with E-state index < -0.39 is 11.7 Å². The molecular formula is C13H17F3N4O. The molecule has 5 nitrogen and oxygen atoms in total. The van der Waals surface area contributed by atoms with Crippen molar-refractivity contribution in [3.8, 4) is 0 Å². The molecule has 1 aromatic rings. The van der Waals surface area contributed by atoms with Crippen LogP contribution in [0.2, 0.25) is 0 Å². The number of nitrogens with one attached hydrogen (secondary N) is 1. The number of hydrogen-bond donors (Lipinski definition) is 2. The van der Waals surface area contributed by atoms with E-state index in [9.17, 15) is 18.0 Å². The standard InChI is InChI=1S/C13H17F3N4O/c14-13(15,16)9-6-10(17)19-11(7-9)18-8-12(21)20-4-2-1-3-5-20/h6-7H,1-5,8H2,(H3,17,18,19). The monoisotopic (exact) mass is 302 g/mol. The molecule has 0 saturated carbocycles. The van der Waals surface area contributed by atoms with E-state index in [4.69, 9.17) is 5.73 Å². The molecule has 0 aliphatic carbocycles. The van der Waals surface area contributed by atoms with E-state index in [2.05, 4.69) is 10.3 Å². The van der Waals surface area contributed by atoms with Gasteiger partial charge in [0.1, 0.15) is 11.6 Å². The van der Waals surface area contributed by atoms with E-state index >= 15 is 0 Å². The Morgan fingerprint density at radius 1 is 1.29 bits per heavy atom. The minimum atomic E-state index is -4.50. The molecule has 1 saturated heterocycles. The molecule has 8 heteroatoms. The Labute approximate surface area is 120 Å². The van der Waals surface area contributed by atoms with Crippen LogP contribution >= 0.6 is 0 Å². The molecule has 1 aromatic heterocycles. The van der Waals surface area contributed by atoms with E-state index in [-0.39, 0.29) is 24.1 Å². The molecule has 0 radical (unpaired) electrons. The number of likely N-dealkylation sites (tertiary alicyclic amines) is 1. The lowest BCUT2D eigenvalue weighted by atomic mass is 10.1. The first-order valence-electron chi connectivity index (χ1n) is 6.72. The second kappa shape index (κ2) is 6.19. The topological polar surface area (TPSA) is 71.2 Å². The van der Waals surface area contributed by atoms with Crippen molar-refractivity contribution in [2.45, 2.75) is 25.4 Å². The lowest BCUT2D eigenvalue weighted by Gasteiger charge is -2.26. The van der Waals surface area contributed by atoms with Crippen LogP contribution in [0, 0.1) is 0 Å². The van der Waals surface area contributed by atoms with Crippen molar-refractivity contribution in [2.24, 2.45) is 0 Å².